The molecule has 0 aliphatic carbocycles. The van der Waals surface area contributed by atoms with E-state index in [4.69, 9.17) is 5.73 Å². The molecule has 2 aromatic rings. The van der Waals surface area contributed by atoms with E-state index in [9.17, 15) is 0 Å². The van der Waals surface area contributed by atoms with Gasteiger partial charge in [-0.25, -0.2) is 4.98 Å². The molecule has 0 saturated heterocycles. The zero-order valence-corrected chi connectivity index (χ0v) is 10.6. The lowest BCUT2D eigenvalue weighted by atomic mass is 10.2. The van der Waals surface area contributed by atoms with Gasteiger partial charge in [0.15, 0.2) is 0 Å². The number of hydrogen-bond acceptors (Lipinski definition) is 4. The van der Waals surface area contributed by atoms with E-state index < -0.39 is 0 Å². The minimum absolute atomic E-state index is 0.502. The van der Waals surface area contributed by atoms with Crippen LogP contribution in [0.4, 0.5) is 5.82 Å². The van der Waals surface area contributed by atoms with Gasteiger partial charge >= 0.3 is 0 Å². The summed E-state index contributed by atoms with van der Waals surface area (Å²) in [6.45, 7) is 4.24. The molecular formula is C14H18N4. The first-order valence-electron chi connectivity index (χ1n) is 6.14. The number of nitrogens with zero attached hydrogens (tertiary/aromatic N) is 3. The maximum absolute atomic E-state index is 5.75. The van der Waals surface area contributed by atoms with Crippen molar-refractivity contribution in [2.75, 3.05) is 11.4 Å². The molecule has 18 heavy (non-hydrogen) atoms. The quantitative estimate of drug-likeness (QED) is 0.870. The Balaban J connectivity index is 2.23. The molecular weight excluding hydrogens is 224 g/mol. The number of aromatic nitrogens is 2. The van der Waals surface area contributed by atoms with Gasteiger partial charge in [0.2, 0.25) is 0 Å². The minimum atomic E-state index is 0.502. The molecule has 0 fully saturated rings. The van der Waals surface area contributed by atoms with E-state index in [0.29, 0.717) is 6.54 Å². The zero-order valence-electron chi connectivity index (χ0n) is 10.6. The molecule has 4 heteroatoms. The molecule has 0 radical (unpaired) electrons. The number of pyridine rings is 2. The molecule has 2 aromatic heterocycles. The topological polar surface area (TPSA) is 55.0 Å². The monoisotopic (exact) mass is 242 g/mol. The average molecular weight is 242 g/mol. The normalized spacial score (nSPS) is 10.3. The molecule has 0 aliphatic heterocycles. The molecule has 0 amide bonds. The van der Waals surface area contributed by atoms with Crippen molar-refractivity contribution in [2.45, 2.75) is 20.0 Å². The maximum Gasteiger partial charge on any atom is 0.133 e. The van der Waals surface area contributed by atoms with Gasteiger partial charge in [0, 0.05) is 31.0 Å². The first-order chi connectivity index (χ1) is 8.85. The Morgan fingerprint density at radius 1 is 1.11 bits per heavy atom. The third kappa shape index (κ3) is 2.84. The first-order valence-corrected chi connectivity index (χ1v) is 6.14. The zero-order chi connectivity index (χ0) is 12.8. The van der Waals surface area contributed by atoms with Crippen molar-refractivity contribution >= 4 is 5.82 Å². The number of anilines is 1. The number of rotatable bonds is 5. The predicted octanol–water partition coefficient (Wildman–Crippen LogP) is 1.96. The van der Waals surface area contributed by atoms with Crippen molar-refractivity contribution in [3.63, 3.8) is 0 Å². The average Bonchev–Trinajstić information content (AvgIpc) is 2.46. The molecule has 0 unspecified atom stereocenters. The van der Waals surface area contributed by atoms with Crippen molar-refractivity contribution in [3.05, 3.63) is 54.0 Å². The van der Waals surface area contributed by atoms with E-state index in [1.54, 1.807) is 6.20 Å². The van der Waals surface area contributed by atoms with Crippen LogP contribution in [-0.4, -0.2) is 16.5 Å². The highest BCUT2D eigenvalue weighted by molar-refractivity contribution is 5.46. The standard InChI is InChI=1S/C14H18N4/c1-2-18(11-13-7-3-4-8-16-13)14-12(10-15)6-5-9-17-14/h3-9H,2,10-11,15H2,1H3. The highest BCUT2D eigenvalue weighted by Crippen LogP contribution is 2.18. The van der Waals surface area contributed by atoms with Gasteiger partial charge in [-0.2, -0.15) is 0 Å². The highest BCUT2D eigenvalue weighted by Gasteiger charge is 2.10. The summed E-state index contributed by atoms with van der Waals surface area (Å²) in [6, 6.07) is 9.88. The number of nitrogens with two attached hydrogens (primary N) is 1. The van der Waals surface area contributed by atoms with Gasteiger partial charge in [-0.05, 0) is 25.1 Å². The fraction of sp³-hybridized carbons (Fsp3) is 0.286. The van der Waals surface area contributed by atoms with Gasteiger partial charge in [0.05, 0.1) is 12.2 Å². The van der Waals surface area contributed by atoms with Gasteiger partial charge in [0.25, 0.3) is 0 Å². The molecule has 0 atom stereocenters. The van der Waals surface area contributed by atoms with Gasteiger partial charge in [-0.15, -0.1) is 0 Å². The fourth-order valence-corrected chi connectivity index (χ4v) is 1.90. The summed E-state index contributed by atoms with van der Waals surface area (Å²) in [5.41, 5.74) is 7.85. The van der Waals surface area contributed by atoms with Crippen LogP contribution in [0.15, 0.2) is 42.7 Å². The van der Waals surface area contributed by atoms with Gasteiger partial charge in [-0.1, -0.05) is 12.1 Å². The second-order valence-corrected chi connectivity index (χ2v) is 4.03. The lowest BCUT2D eigenvalue weighted by molar-refractivity contribution is 0.784. The molecule has 2 rings (SSSR count). The molecule has 0 saturated carbocycles. The summed E-state index contributed by atoms with van der Waals surface area (Å²) in [5.74, 6) is 0.952. The molecule has 0 aliphatic rings. The Morgan fingerprint density at radius 2 is 1.94 bits per heavy atom. The summed E-state index contributed by atoms with van der Waals surface area (Å²) in [7, 11) is 0. The van der Waals surface area contributed by atoms with Crippen LogP contribution in [0.25, 0.3) is 0 Å². The fourth-order valence-electron chi connectivity index (χ4n) is 1.90. The largest absolute Gasteiger partial charge is 0.351 e. The number of hydrogen-bond donors (Lipinski definition) is 1. The van der Waals surface area contributed by atoms with Crippen molar-refractivity contribution in [3.8, 4) is 0 Å². The Morgan fingerprint density at radius 3 is 2.61 bits per heavy atom. The van der Waals surface area contributed by atoms with E-state index in [0.717, 1.165) is 30.2 Å². The molecule has 2 N–H and O–H groups in total. The second kappa shape index (κ2) is 6.12. The molecule has 94 valence electrons. The van der Waals surface area contributed by atoms with Crippen LogP contribution in [0, 0.1) is 0 Å². The molecule has 0 spiro atoms. The summed E-state index contributed by atoms with van der Waals surface area (Å²) in [5, 5.41) is 0. The van der Waals surface area contributed by atoms with Crippen molar-refractivity contribution in [1.29, 1.82) is 0 Å². The SMILES string of the molecule is CCN(Cc1ccccn1)c1ncccc1CN. The van der Waals surface area contributed by atoms with Crippen LogP contribution in [0.5, 0.6) is 0 Å². The maximum atomic E-state index is 5.75. The third-order valence-electron chi connectivity index (χ3n) is 2.85. The lowest BCUT2D eigenvalue weighted by Crippen LogP contribution is -2.25. The molecule has 0 aromatic carbocycles. The first kappa shape index (κ1) is 12.5. The van der Waals surface area contributed by atoms with Gasteiger partial charge in [0.1, 0.15) is 5.82 Å². The van der Waals surface area contributed by atoms with Gasteiger partial charge in [-0.3, -0.25) is 4.98 Å². The van der Waals surface area contributed by atoms with Crippen LogP contribution < -0.4 is 10.6 Å². The molecule has 2 heterocycles. The second-order valence-electron chi connectivity index (χ2n) is 4.03. The summed E-state index contributed by atoms with van der Waals surface area (Å²) in [4.78, 5) is 11.0. The molecule has 0 bridgehead atoms. The predicted molar refractivity (Wildman–Crippen MR) is 73.1 cm³/mol. The summed E-state index contributed by atoms with van der Waals surface area (Å²) < 4.78 is 0. The highest BCUT2D eigenvalue weighted by atomic mass is 15.2. The Labute approximate surface area is 107 Å². The van der Waals surface area contributed by atoms with Gasteiger partial charge < -0.3 is 10.6 Å². The van der Waals surface area contributed by atoms with Crippen LogP contribution >= 0.6 is 0 Å². The molecule has 4 nitrogen and oxygen atoms in total. The lowest BCUT2D eigenvalue weighted by Gasteiger charge is -2.23. The smallest absolute Gasteiger partial charge is 0.133 e. The van der Waals surface area contributed by atoms with E-state index in [1.165, 1.54) is 0 Å². The van der Waals surface area contributed by atoms with Crippen LogP contribution in [0.2, 0.25) is 0 Å². The van der Waals surface area contributed by atoms with E-state index >= 15 is 0 Å². The summed E-state index contributed by atoms with van der Waals surface area (Å²) in [6.07, 6.45) is 3.61. The van der Waals surface area contributed by atoms with Crippen molar-refractivity contribution < 1.29 is 0 Å². The van der Waals surface area contributed by atoms with E-state index in [2.05, 4.69) is 21.8 Å². The van der Waals surface area contributed by atoms with E-state index in [-0.39, 0.29) is 0 Å². The van der Waals surface area contributed by atoms with Crippen LogP contribution in [-0.2, 0) is 13.1 Å². The van der Waals surface area contributed by atoms with E-state index in [1.807, 2.05) is 36.5 Å². The summed E-state index contributed by atoms with van der Waals surface area (Å²) >= 11 is 0. The third-order valence-corrected chi connectivity index (χ3v) is 2.85. The minimum Gasteiger partial charge on any atom is -0.351 e. The Hall–Kier alpha value is -1.94. The Kier molecular flexibility index (Phi) is 4.25. The van der Waals surface area contributed by atoms with Crippen molar-refractivity contribution in [2.24, 2.45) is 5.73 Å². The Bertz CT molecular complexity index is 484. The van der Waals surface area contributed by atoms with Crippen LogP contribution in [0.1, 0.15) is 18.2 Å². The van der Waals surface area contributed by atoms with Crippen LogP contribution in [0.3, 0.4) is 0 Å². The van der Waals surface area contributed by atoms with Crippen molar-refractivity contribution in [1.82, 2.24) is 9.97 Å².